The summed E-state index contributed by atoms with van der Waals surface area (Å²) in [5.74, 6) is 0.00321. The Bertz CT molecular complexity index is 315. The molecule has 14 heavy (non-hydrogen) atoms. The summed E-state index contributed by atoms with van der Waals surface area (Å²) in [6.45, 7) is 1.82. The van der Waals surface area contributed by atoms with Crippen molar-refractivity contribution in [3.63, 3.8) is 0 Å². The van der Waals surface area contributed by atoms with Gasteiger partial charge in [0.15, 0.2) is 0 Å². The zero-order valence-electron chi connectivity index (χ0n) is 7.74. The Kier molecular flexibility index (Phi) is 4.20. The third-order valence-corrected chi connectivity index (χ3v) is 2.62. The molecule has 0 aliphatic heterocycles. The van der Waals surface area contributed by atoms with Crippen LogP contribution in [0.25, 0.3) is 0 Å². The van der Waals surface area contributed by atoms with Crippen LogP contribution in [0.3, 0.4) is 0 Å². The molecule has 4 heteroatoms. The molecule has 2 N–H and O–H groups in total. The topological polar surface area (TPSA) is 40.5 Å². The highest BCUT2D eigenvalue weighted by Gasteiger charge is 2.18. The fourth-order valence-corrected chi connectivity index (χ4v) is 1.66. The number of hydrogen-bond donors (Lipinski definition) is 2. The van der Waals surface area contributed by atoms with E-state index in [1.165, 1.54) is 0 Å². The normalized spacial score (nSPS) is 15.2. The predicted octanol–water partition coefficient (Wildman–Crippen LogP) is 2.28. The highest BCUT2D eigenvalue weighted by molar-refractivity contribution is 6.30. The zero-order valence-corrected chi connectivity index (χ0v) is 9.26. The van der Waals surface area contributed by atoms with E-state index < -0.39 is 12.2 Å². The summed E-state index contributed by atoms with van der Waals surface area (Å²) in [4.78, 5) is 0. The van der Waals surface area contributed by atoms with Crippen molar-refractivity contribution < 1.29 is 10.2 Å². The van der Waals surface area contributed by atoms with Gasteiger partial charge in [0.1, 0.15) is 6.10 Å². The molecule has 0 spiro atoms. The molecule has 1 aromatic carbocycles. The van der Waals surface area contributed by atoms with Crippen LogP contribution in [0.2, 0.25) is 5.02 Å². The smallest absolute Gasteiger partial charge is 0.106 e. The zero-order chi connectivity index (χ0) is 10.7. The van der Waals surface area contributed by atoms with Gasteiger partial charge in [-0.15, -0.1) is 11.6 Å². The Morgan fingerprint density at radius 2 is 2.00 bits per heavy atom. The first-order valence-corrected chi connectivity index (χ1v) is 5.15. The van der Waals surface area contributed by atoms with Crippen LogP contribution in [-0.4, -0.2) is 22.2 Å². The van der Waals surface area contributed by atoms with Gasteiger partial charge in [0, 0.05) is 5.02 Å². The number of halogens is 2. The molecule has 78 valence electrons. The average molecular weight is 235 g/mol. The van der Waals surface area contributed by atoms with Gasteiger partial charge in [-0.05, 0) is 30.2 Å². The van der Waals surface area contributed by atoms with Crippen molar-refractivity contribution in [1.82, 2.24) is 0 Å². The summed E-state index contributed by atoms with van der Waals surface area (Å²) in [6, 6.07) is 5.10. The highest BCUT2D eigenvalue weighted by atomic mass is 35.5. The minimum atomic E-state index is -0.954. The summed E-state index contributed by atoms with van der Waals surface area (Å²) in [7, 11) is 0. The van der Waals surface area contributed by atoms with Gasteiger partial charge < -0.3 is 10.2 Å². The lowest BCUT2D eigenvalue weighted by Gasteiger charge is -2.17. The van der Waals surface area contributed by atoms with Crippen molar-refractivity contribution in [2.75, 3.05) is 5.88 Å². The third kappa shape index (κ3) is 2.61. The fourth-order valence-electron chi connectivity index (χ4n) is 1.26. The number of hydrogen-bond acceptors (Lipinski definition) is 2. The van der Waals surface area contributed by atoms with E-state index in [1.54, 1.807) is 18.2 Å². The summed E-state index contributed by atoms with van der Waals surface area (Å²) in [6.07, 6.45) is -1.90. The molecule has 1 aromatic rings. The number of aryl methyl sites for hydroxylation is 1. The SMILES string of the molecule is Cc1cc(Cl)ccc1C(O)C(O)CCl. The second-order valence-corrected chi connectivity index (χ2v) is 3.91. The highest BCUT2D eigenvalue weighted by Crippen LogP contribution is 2.24. The maximum atomic E-state index is 9.68. The maximum absolute atomic E-state index is 9.68. The van der Waals surface area contributed by atoms with Gasteiger partial charge in [0.25, 0.3) is 0 Å². The number of aliphatic hydroxyl groups is 2. The lowest BCUT2D eigenvalue weighted by molar-refractivity contribution is 0.0323. The molecule has 0 saturated heterocycles. The molecule has 0 radical (unpaired) electrons. The monoisotopic (exact) mass is 234 g/mol. The molecule has 0 aliphatic carbocycles. The molecule has 0 saturated carbocycles. The van der Waals surface area contributed by atoms with Crippen LogP contribution in [0.1, 0.15) is 17.2 Å². The van der Waals surface area contributed by atoms with Gasteiger partial charge in [0.05, 0.1) is 12.0 Å². The van der Waals surface area contributed by atoms with Crippen LogP contribution in [0.5, 0.6) is 0 Å². The summed E-state index contributed by atoms with van der Waals surface area (Å²) in [5.41, 5.74) is 1.50. The van der Waals surface area contributed by atoms with E-state index in [1.807, 2.05) is 6.92 Å². The second-order valence-electron chi connectivity index (χ2n) is 3.17. The molecule has 0 bridgehead atoms. The molecule has 2 nitrogen and oxygen atoms in total. The molecule has 2 unspecified atom stereocenters. The van der Waals surface area contributed by atoms with Gasteiger partial charge in [-0.3, -0.25) is 0 Å². The van der Waals surface area contributed by atoms with Gasteiger partial charge in [-0.25, -0.2) is 0 Å². The van der Waals surface area contributed by atoms with Crippen molar-refractivity contribution in [1.29, 1.82) is 0 Å². The second kappa shape index (κ2) is 4.99. The van der Waals surface area contributed by atoms with Crippen molar-refractivity contribution in [2.24, 2.45) is 0 Å². The Morgan fingerprint density at radius 3 is 2.50 bits per heavy atom. The predicted molar refractivity (Wildman–Crippen MR) is 57.9 cm³/mol. The van der Waals surface area contributed by atoms with E-state index in [9.17, 15) is 10.2 Å². The summed E-state index contributed by atoms with van der Waals surface area (Å²) >= 11 is 11.2. The number of rotatable bonds is 3. The minimum absolute atomic E-state index is 0.00321. The minimum Gasteiger partial charge on any atom is -0.389 e. The van der Waals surface area contributed by atoms with Gasteiger partial charge in [0.2, 0.25) is 0 Å². The Morgan fingerprint density at radius 1 is 1.36 bits per heavy atom. The first kappa shape index (κ1) is 11.8. The lowest BCUT2D eigenvalue weighted by atomic mass is 10.0. The van der Waals surface area contributed by atoms with Gasteiger partial charge in [-0.2, -0.15) is 0 Å². The molecule has 0 heterocycles. The molecule has 0 fully saturated rings. The Labute approximate surface area is 93.1 Å². The fraction of sp³-hybridized carbons (Fsp3) is 0.400. The van der Waals surface area contributed by atoms with E-state index in [0.717, 1.165) is 5.56 Å². The van der Waals surface area contributed by atoms with Crippen LogP contribution < -0.4 is 0 Å². The Balaban J connectivity index is 2.95. The molecular formula is C10H12Cl2O2. The van der Waals surface area contributed by atoms with E-state index in [-0.39, 0.29) is 5.88 Å². The Hall–Kier alpha value is -0.280. The third-order valence-electron chi connectivity index (χ3n) is 2.07. The van der Waals surface area contributed by atoms with Crippen molar-refractivity contribution in [3.8, 4) is 0 Å². The van der Waals surface area contributed by atoms with Crippen LogP contribution in [0, 0.1) is 6.92 Å². The molecule has 1 rings (SSSR count). The van der Waals surface area contributed by atoms with E-state index in [4.69, 9.17) is 23.2 Å². The van der Waals surface area contributed by atoms with E-state index in [2.05, 4.69) is 0 Å². The van der Waals surface area contributed by atoms with Gasteiger partial charge >= 0.3 is 0 Å². The van der Waals surface area contributed by atoms with Crippen LogP contribution in [0.4, 0.5) is 0 Å². The largest absolute Gasteiger partial charge is 0.389 e. The van der Waals surface area contributed by atoms with Crippen molar-refractivity contribution in [3.05, 3.63) is 34.3 Å². The van der Waals surface area contributed by atoms with Gasteiger partial charge in [-0.1, -0.05) is 17.7 Å². The number of aliphatic hydroxyl groups excluding tert-OH is 2. The van der Waals surface area contributed by atoms with Crippen LogP contribution in [-0.2, 0) is 0 Å². The van der Waals surface area contributed by atoms with Crippen molar-refractivity contribution >= 4 is 23.2 Å². The van der Waals surface area contributed by atoms with E-state index in [0.29, 0.717) is 10.6 Å². The number of benzene rings is 1. The molecule has 0 aromatic heterocycles. The van der Waals surface area contributed by atoms with Crippen LogP contribution in [0.15, 0.2) is 18.2 Å². The molecule has 2 atom stereocenters. The first-order valence-electron chi connectivity index (χ1n) is 4.24. The van der Waals surface area contributed by atoms with E-state index >= 15 is 0 Å². The maximum Gasteiger partial charge on any atom is 0.106 e. The molecular weight excluding hydrogens is 223 g/mol. The molecule has 0 amide bonds. The van der Waals surface area contributed by atoms with Crippen LogP contribution >= 0.6 is 23.2 Å². The number of alkyl halides is 1. The summed E-state index contributed by atoms with van der Waals surface area (Å²) in [5, 5.41) is 19.7. The standard InChI is InChI=1S/C10H12Cl2O2/c1-6-4-7(12)2-3-8(6)10(14)9(13)5-11/h2-4,9-10,13-14H,5H2,1H3. The molecule has 0 aliphatic rings. The summed E-state index contributed by atoms with van der Waals surface area (Å²) < 4.78 is 0. The van der Waals surface area contributed by atoms with Crippen molar-refractivity contribution in [2.45, 2.75) is 19.1 Å². The average Bonchev–Trinajstić information content (AvgIpc) is 2.15. The quantitative estimate of drug-likeness (QED) is 0.789. The first-order chi connectivity index (χ1) is 6.56. The lowest BCUT2D eigenvalue weighted by Crippen LogP contribution is -2.20.